The highest BCUT2D eigenvalue weighted by molar-refractivity contribution is 9.10. The minimum atomic E-state index is 0.591. The monoisotopic (exact) mass is 324 g/mol. The molecule has 0 aromatic heterocycles. The van der Waals surface area contributed by atoms with Gasteiger partial charge < -0.3 is 5.32 Å². The number of hydrogen-bond acceptors (Lipinski definition) is 2. The van der Waals surface area contributed by atoms with Crippen LogP contribution in [0.25, 0.3) is 0 Å². The number of hydrogen-bond donors (Lipinski definition) is 1. The molecule has 1 unspecified atom stereocenters. The highest BCUT2D eigenvalue weighted by Crippen LogP contribution is 2.28. The van der Waals surface area contributed by atoms with Crippen LogP contribution in [0, 0.1) is 0 Å². The van der Waals surface area contributed by atoms with Gasteiger partial charge in [0.25, 0.3) is 0 Å². The average molecular weight is 325 g/mol. The number of rotatable bonds is 5. The van der Waals surface area contributed by atoms with Gasteiger partial charge in [0, 0.05) is 30.1 Å². The fourth-order valence-corrected chi connectivity index (χ4v) is 3.09. The Labute approximate surface area is 125 Å². The van der Waals surface area contributed by atoms with Gasteiger partial charge in [-0.2, -0.15) is 0 Å². The number of nitrogens with zero attached hydrogens (tertiary/aromatic N) is 1. The lowest BCUT2D eigenvalue weighted by Gasteiger charge is -2.31. The SMILES string of the molecule is CCCCC(c1ccc(Br)cc1)N1CCCNCC1. The number of halogens is 1. The zero-order chi connectivity index (χ0) is 13.5. The molecule has 1 heterocycles. The van der Waals surface area contributed by atoms with Gasteiger partial charge in [-0.3, -0.25) is 4.90 Å². The van der Waals surface area contributed by atoms with Crippen LogP contribution in [0.3, 0.4) is 0 Å². The topological polar surface area (TPSA) is 15.3 Å². The second kappa shape index (κ2) is 8.03. The Hall–Kier alpha value is -0.380. The van der Waals surface area contributed by atoms with E-state index in [1.54, 1.807) is 0 Å². The standard InChI is InChI=1S/C16H25BrN2/c1-2-3-5-16(14-6-8-15(17)9-7-14)19-12-4-10-18-11-13-19/h6-9,16,18H,2-5,10-13H2,1H3. The van der Waals surface area contributed by atoms with Crippen LogP contribution in [-0.4, -0.2) is 31.1 Å². The maximum absolute atomic E-state index is 3.53. The maximum Gasteiger partial charge on any atom is 0.0348 e. The summed E-state index contributed by atoms with van der Waals surface area (Å²) < 4.78 is 1.17. The number of benzene rings is 1. The van der Waals surface area contributed by atoms with Gasteiger partial charge in [-0.05, 0) is 37.1 Å². The number of unbranched alkanes of at least 4 members (excludes halogenated alkanes) is 1. The molecule has 1 fully saturated rings. The predicted octanol–water partition coefficient (Wildman–Crippen LogP) is 3.98. The van der Waals surface area contributed by atoms with E-state index in [9.17, 15) is 0 Å². The van der Waals surface area contributed by atoms with Gasteiger partial charge in [-0.25, -0.2) is 0 Å². The van der Waals surface area contributed by atoms with Crippen LogP contribution in [0.2, 0.25) is 0 Å². The molecule has 1 N–H and O–H groups in total. The summed E-state index contributed by atoms with van der Waals surface area (Å²) in [5.41, 5.74) is 1.47. The molecule has 19 heavy (non-hydrogen) atoms. The van der Waals surface area contributed by atoms with Gasteiger partial charge in [-0.1, -0.05) is 47.8 Å². The minimum Gasteiger partial charge on any atom is -0.315 e. The zero-order valence-electron chi connectivity index (χ0n) is 11.9. The van der Waals surface area contributed by atoms with Crippen molar-refractivity contribution >= 4 is 15.9 Å². The highest BCUT2D eigenvalue weighted by Gasteiger charge is 2.20. The van der Waals surface area contributed by atoms with Gasteiger partial charge in [0.1, 0.15) is 0 Å². The first-order valence-corrected chi connectivity index (χ1v) is 8.31. The molecular formula is C16H25BrN2. The van der Waals surface area contributed by atoms with E-state index in [0.29, 0.717) is 6.04 Å². The van der Waals surface area contributed by atoms with Crippen molar-refractivity contribution in [1.29, 1.82) is 0 Å². The molecule has 106 valence electrons. The number of nitrogens with one attached hydrogen (secondary N) is 1. The van der Waals surface area contributed by atoms with Crippen molar-refractivity contribution in [1.82, 2.24) is 10.2 Å². The molecule has 1 aliphatic heterocycles. The van der Waals surface area contributed by atoms with Gasteiger partial charge >= 0.3 is 0 Å². The van der Waals surface area contributed by atoms with Crippen molar-refractivity contribution in [3.63, 3.8) is 0 Å². The molecule has 0 amide bonds. The Morgan fingerprint density at radius 1 is 1.21 bits per heavy atom. The van der Waals surface area contributed by atoms with Gasteiger partial charge in [0.05, 0.1) is 0 Å². The molecule has 1 aromatic carbocycles. The van der Waals surface area contributed by atoms with E-state index in [-0.39, 0.29) is 0 Å². The fraction of sp³-hybridized carbons (Fsp3) is 0.625. The molecule has 2 rings (SSSR count). The molecule has 1 atom stereocenters. The summed E-state index contributed by atoms with van der Waals surface area (Å²) in [5.74, 6) is 0. The summed E-state index contributed by atoms with van der Waals surface area (Å²) in [6.07, 6.45) is 5.13. The Balaban J connectivity index is 2.11. The van der Waals surface area contributed by atoms with Crippen LogP contribution >= 0.6 is 15.9 Å². The van der Waals surface area contributed by atoms with Crippen LogP contribution in [0.1, 0.15) is 44.2 Å². The summed E-state index contributed by atoms with van der Waals surface area (Å²) in [7, 11) is 0. The third-order valence-corrected chi connectivity index (χ3v) is 4.43. The van der Waals surface area contributed by atoms with Crippen LogP contribution in [0.15, 0.2) is 28.7 Å². The van der Waals surface area contributed by atoms with Crippen LogP contribution < -0.4 is 5.32 Å². The first-order chi connectivity index (χ1) is 9.31. The summed E-state index contributed by atoms with van der Waals surface area (Å²) in [6, 6.07) is 9.49. The first kappa shape index (κ1) is 15.0. The third kappa shape index (κ3) is 4.59. The van der Waals surface area contributed by atoms with E-state index in [0.717, 1.165) is 13.1 Å². The van der Waals surface area contributed by atoms with E-state index >= 15 is 0 Å². The second-order valence-electron chi connectivity index (χ2n) is 5.35. The fourth-order valence-electron chi connectivity index (χ4n) is 2.82. The molecule has 2 nitrogen and oxygen atoms in total. The Bertz CT molecular complexity index is 356. The van der Waals surface area contributed by atoms with E-state index < -0.39 is 0 Å². The summed E-state index contributed by atoms with van der Waals surface area (Å²) in [6.45, 7) is 6.96. The van der Waals surface area contributed by atoms with Crippen LogP contribution in [0.5, 0.6) is 0 Å². The van der Waals surface area contributed by atoms with E-state index in [1.807, 2.05) is 0 Å². The first-order valence-electron chi connectivity index (χ1n) is 7.51. The van der Waals surface area contributed by atoms with E-state index in [4.69, 9.17) is 0 Å². The lowest BCUT2D eigenvalue weighted by molar-refractivity contribution is 0.197. The molecule has 1 saturated heterocycles. The molecule has 0 bridgehead atoms. The molecule has 3 heteroatoms. The van der Waals surface area contributed by atoms with Crippen molar-refractivity contribution in [2.75, 3.05) is 26.2 Å². The molecule has 0 aliphatic carbocycles. The largest absolute Gasteiger partial charge is 0.315 e. The lowest BCUT2D eigenvalue weighted by atomic mass is 9.99. The van der Waals surface area contributed by atoms with E-state index in [1.165, 1.54) is 48.8 Å². The summed E-state index contributed by atoms with van der Waals surface area (Å²) in [4.78, 5) is 2.67. The molecule has 1 aromatic rings. The molecule has 1 aliphatic rings. The van der Waals surface area contributed by atoms with Gasteiger partial charge in [-0.15, -0.1) is 0 Å². The molecule has 0 saturated carbocycles. The summed E-state index contributed by atoms with van der Waals surface area (Å²) >= 11 is 3.53. The van der Waals surface area contributed by atoms with Crippen molar-refractivity contribution < 1.29 is 0 Å². The van der Waals surface area contributed by atoms with Gasteiger partial charge in [0.15, 0.2) is 0 Å². The Morgan fingerprint density at radius 2 is 2.00 bits per heavy atom. The van der Waals surface area contributed by atoms with Crippen molar-refractivity contribution in [3.8, 4) is 0 Å². The van der Waals surface area contributed by atoms with E-state index in [2.05, 4.69) is 57.3 Å². The average Bonchev–Trinajstić information content (AvgIpc) is 2.70. The molecule has 0 spiro atoms. The highest BCUT2D eigenvalue weighted by atomic mass is 79.9. The van der Waals surface area contributed by atoms with Gasteiger partial charge in [0.2, 0.25) is 0 Å². The van der Waals surface area contributed by atoms with Crippen molar-refractivity contribution in [2.45, 2.75) is 38.6 Å². The second-order valence-corrected chi connectivity index (χ2v) is 6.26. The van der Waals surface area contributed by atoms with Crippen molar-refractivity contribution in [3.05, 3.63) is 34.3 Å². The minimum absolute atomic E-state index is 0.591. The Morgan fingerprint density at radius 3 is 2.74 bits per heavy atom. The lowest BCUT2D eigenvalue weighted by Crippen LogP contribution is -2.32. The summed E-state index contributed by atoms with van der Waals surface area (Å²) in [5, 5.41) is 3.50. The molecule has 0 radical (unpaired) electrons. The Kier molecular flexibility index (Phi) is 6.35. The molecular weight excluding hydrogens is 300 g/mol. The maximum atomic E-state index is 3.53. The zero-order valence-corrected chi connectivity index (χ0v) is 13.5. The predicted molar refractivity (Wildman–Crippen MR) is 85.5 cm³/mol. The smallest absolute Gasteiger partial charge is 0.0348 e. The van der Waals surface area contributed by atoms with Crippen LogP contribution in [-0.2, 0) is 0 Å². The third-order valence-electron chi connectivity index (χ3n) is 3.90. The normalized spacial score (nSPS) is 19.1. The van der Waals surface area contributed by atoms with Crippen LogP contribution in [0.4, 0.5) is 0 Å². The van der Waals surface area contributed by atoms with Crippen molar-refractivity contribution in [2.24, 2.45) is 0 Å². The quantitative estimate of drug-likeness (QED) is 0.881.